The van der Waals surface area contributed by atoms with Crippen molar-refractivity contribution >= 4 is 17.5 Å². The van der Waals surface area contributed by atoms with Crippen molar-refractivity contribution in [1.29, 1.82) is 0 Å². The van der Waals surface area contributed by atoms with Crippen LogP contribution in [-0.2, 0) is 0 Å². The fourth-order valence-electron chi connectivity index (χ4n) is 2.43. The van der Waals surface area contributed by atoms with Crippen LogP contribution in [0.2, 0.25) is 0 Å². The van der Waals surface area contributed by atoms with Crippen LogP contribution >= 0.6 is 0 Å². The lowest BCUT2D eigenvalue weighted by atomic mass is 10.1. The molecule has 0 saturated heterocycles. The summed E-state index contributed by atoms with van der Waals surface area (Å²) in [4.78, 5) is 12.5. The van der Waals surface area contributed by atoms with Gasteiger partial charge >= 0.3 is 0 Å². The minimum absolute atomic E-state index is 0.109. The molecule has 0 saturated carbocycles. The molecule has 27 heavy (non-hydrogen) atoms. The van der Waals surface area contributed by atoms with Gasteiger partial charge in [-0.3, -0.25) is 4.79 Å². The van der Waals surface area contributed by atoms with Crippen molar-refractivity contribution in [3.05, 3.63) is 59.7 Å². The van der Waals surface area contributed by atoms with E-state index in [0.29, 0.717) is 22.7 Å². The van der Waals surface area contributed by atoms with E-state index >= 15 is 0 Å². The Kier molecular flexibility index (Phi) is 5.99. The maximum atomic E-state index is 12.5. The Morgan fingerprint density at radius 2 is 1.33 bits per heavy atom. The summed E-state index contributed by atoms with van der Waals surface area (Å²) in [7, 11) is 0. The quantitative estimate of drug-likeness (QED) is 0.429. The molecular formula is C23H29NO3. The summed E-state index contributed by atoms with van der Waals surface area (Å²) >= 11 is 0. The number of ether oxygens (including phenoxy) is 2. The van der Waals surface area contributed by atoms with Gasteiger partial charge in [0, 0.05) is 11.3 Å². The van der Waals surface area contributed by atoms with Gasteiger partial charge in [0.15, 0.2) is 5.78 Å². The normalized spacial score (nSPS) is 12.2. The van der Waals surface area contributed by atoms with E-state index in [4.69, 9.17) is 15.2 Å². The second kappa shape index (κ2) is 7.87. The molecule has 0 aliphatic rings. The standard InChI is InChI=1S/C23H29NO3/c1-22(2,3)26-20-8-7-9-21(27-23(4,5)6)18(20)14-15-19(25)16-10-12-17(24)13-11-16/h7-15H,24H2,1-6H3/b15-14+. The van der Waals surface area contributed by atoms with Gasteiger partial charge in [0.1, 0.15) is 22.7 Å². The van der Waals surface area contributed by atoms with Gasteiger partial charge in [-0.05, 0) is 90.1 Å². The van der Waals surface area contributed by atoms with E-state index in [1.54, 1.807) is 30.3 Å². The molecule has 2 N–H and O–H groups in total. The van der Waals surface area contributed by atoms with E-state index in [1.165, 1.54) is 6.08 Å². The Morgan fingerprint density at radius 3 is 1.78 bits per heavy atom. The molecule has 0 fully saturated rings. The second-order valence-corrected chi connectivity index (χ2v) is 8.42. The molecule has 0 aliphatic heterocycles. The lowest BCUT2D eigenvalue weighted by Gasteiger charge is -2.26. The van der Waals surface area contributed by atoms with Crippen LogP contribution in [0.3, 0.4) is 0 Å². The van der Waals surface area contributed by atoms with Gasteiger partial charge in [0.05, 0.1) is 5.56 Å². The third-order valence-electron chi connectivity index (χ3n) is 3.45. The predicted octanol–water partition coefficient (Wildman–Crippen LogP) is 5.52. The van der Waals surface area contributed by atoms with Crippen LogP contribution < -0.4 is 15.2 Å². The van der Waals surface area contributed by atoms with Gasteiger partial charge in [-0.25, -0.2) is 0 Å². The number of anilines is 1. The van der Waals surface area contributed by atoms with Crippen LogP contribution in [0.4, 0.5) is 5.69 Å². The summed E-state index contributed by atoms with van der Waals surface area (Å²) in [5.74, 6) is 1.23. The van der Waals surface area contributed by atoms with E-state index in [1.807, 2.05) is 59.7 Å². The highest BCUT2D eigenvalue weighted by Crippen LogP contribution is 2.34. The lowest BCUT2D eigenvalue weighted by molar-refractivity contribution is 0.104. The van der Waals surface area contributed by atoms with E-state index in [0.717, 1.165) is 5.56 Å². The topological polar surface area (TPSA) is 61.5 Å². The van der Waals surface area contributed by atoms with Crippen molar-refractivity contribution < 1.29 is 14.3 Å². The minimum Gasteiger partial charge on any atom is -0.487 e. The summed E-state index contributed by atoms with van der Waals surface area (Å²) in [6.45, 7) is 11.9. The van der Waals surface area contributed by atoms with E-state index in [-0.39, 0.29) is 17.0 Å². The Morgan fingerprint density at radius 1 is 0.852 bits per heavy atom. The number of allylic oxidation sites excluding steroid dienone is 1. The Balaban J connectivity index is 2.41. The summed E-state index contributed by atoms with van der Waals surface area (Å²) in [6.07, 6.45) is 3.28. The summed E-state index contributed by atoms with van der Waals surface area (Å²) < 4.78 is 12.2. The fourth-order valence-corrected chi connectivity index (χ4v) is 2.43. The third-order valence-corrected chi connectivity index (χ3v) is 3.45. The average Bonchev–Trinajstić information content (AvgIpc) is 2.51. The number of benzene rings is 2. The van der Waals surface area contributed by atoms with Crippen molar-refractivity contribution in [3.63, 3.8) is 0 Å². The number of hydrogen-bond donors (Lipinski definition) is 1. The molecule has 2 aromatic carbocycles. The summed E-state index contributed by atoms with van der Waals surface area (Å²) in [6, 6.07) is 12.5. The maximum absolute atomic E-state index is 12.5. The molecule has 0 aliphatic carbocycles. The van der Waals surface area contributed by atoms with Gasteiger partial charge in [-0.2, -0.15) is 0 Å². The van der Waals surface area contributed by atoms with E-state index in [2.05, 4.69) is 0 Å². The van der Waals surface area contributed by atoms with Crippen molar-refractivity contribution in [2.45, 2.75) is 52.7 Å². The molecule has 0 radical (unpaired) electrons. The fraction of sp³-hybridized carbons (Fsp3) is 0.348. The van der Waals surface area contributed by atoms with Gasteiger partial charge in [0.25, 0.3) is 0 Å². The van der Waals surface area contributed by atoms with Gasteiger partial charge < -0.3 is 15.2 Å². The van der Waals surface area contributed by atoms with Gasteiger partial charge in [0.2, 0.25) is 0 Å². The molecule has 4 heteroatoms. The molecule has 2 rings (SSSR count). The Hall–Kier alpha value is -2.75. The zero-order chi connectivity index (χ0) is 20.2. The largest absolute Gasteiger partial charge is 0.487 e. The number of hydrogen-bond acceptors (Lipinski definition) is 4. The first-order valence-electron chi connectivity index (χ1n) is 9.04. The predicted molar refractivity (Wildman–Crippen MR) is 111 cm³/mol. The summed E-state index contributed by atoms with van der Waals surface area (Å²) in [5, 5.41) is 0. The molecule has 2 aromatic rings. The molecule has 4 nitrogen and oxygen atoms in total. The highest BCUT2D eigenvalue weighted by atomic mass is 16.5. The Labute approximate surface area is 162 Å². The molecule has 0 bridgehead atoms. The number of carbonyl (C=O) groups excluding carboxylic acids is 1. The van der Waals surface area contributed by atoms with Crippen LogP contribution in [0.25, 0.3) is 6.08 Å². The molecule has 0 spiro atoms. The first-order valence-corrected chi connectivity index (χ1v) is 9.04. The first kappa shape index (κ1) is 20.6. The number of rotatable bonds is 5. The van der Waals surface area contributed by atoms with Gasteiger partial charge in [-0.1, -0.05) is 6.07 Å². The smallest absolute Gasteiger partial charge is 0.185 e. The van der Waals surface area contributed by atoms with E-state index in [9.17, 15) is 4.79 Å². The Bertz CT molecular complexity index is 788. The highest BCUT2D eigenvalue weighted by molar-refractivity contribution is 6.07. The molecular weight excluding hydrogens is 338 g/mol. The van der Waals surface area contributed by atoms with Gasteiger partial charge in [-0.15, -0.1) is 0 Å². The molecule has 0 heterocycles. The lowest BCUT2D eigenvalue weighted by Crippen LogP contribution is -2.25. The average molecular weight is 367 g/mol. The molecule has 0 atom stereocenters. The number of ketones is 1. The zero-order valence-corrected chi connectivity index (χ0v) is 17.0. The van der Waals surface area contributed by atoms with Crippen molar-refractivity contribution in [2.24, 2.45) is 0 Å². The number of carbonyl (C=O) groups is 1. The third kappa shape index (κ3) is 6.48. The molecule has 144 valence electrons. The second-order valence-electron chi connectivity index (χ2n) is 8.42. The van der Waals surface area contributed by atoms with Crippen LogP contribution in [0.5, 0.6) is 11.5 Å². The molecule has 0 aromatic heterocycles. The number of nitrogens with two attached hydrogens (primary N) is 1. The monoisotopic (exact) mass is 367 g/mol. The first-order chi connectivity index (χ1) is 12.4. The minimum atomic E-state index is -0.371. The maximum Gasteiger partial charge on any atom is 0.185 e. The van der Waals surface area contributed by atoms with Crippen LogP contribution in [-0.4, -0.2) is 17.0 Å². The van der Waals surface area contributed by atoms with Crippen LogP contribution in [0, 0.1) is 0 Å². The zero-order valence-electron chi connectivity index (χ0n) is 17.0. The molecule has 0 unspecified atom stereocenters. The van der Waals surface area contributed by atoms with Crippen molar-refractivity contribution in [2.75, 3.05) is 5.73 Å². The highest BCUT2D eigenvalue weighted by Gasteiger charge is 2.19. The number of nitrogen functional groups attached to an aromatic ring is 1. The van der Waals surface area contributed by atoms with Crippen molar-refractivity contribution in [1.82, 2.24) is 0 Å². The summed E-state index contributed by atoms with van der Waals surface area (Å²) in [5.41, 5.74) is 6.89. The molecule has 0 amide bonds. The SMILES string of the molecule is CC(C)(C)Oc1cccc(OC(C)(C)C)c1/C=C/C(=O)c1ccc(N)cc1. The van der Waals surface area contributed by atoms with E-state index < -0.39 is 0 Å². The van der Waals surface area contributed by atoms with Crippen LogP contribution in [0.1, 0.15) is 57.5 Å². The van der Waals surface area contributed by atoms with Crippen LogP contribution in [0.15, 0.2) is 48.5 Å². The van der Waals surface area contributed by atoms with Crippen molar-refractivity contribution in [3.8, 4) is 11.5 Å².